The maximum atomic E-state index is 11.9. The average molecular weight is 294 g/mol. The molecule has 108 valence electrons. The zero-order valence-electron chi connectivity index (χ0n) is 11.4. The predicted molar refractivity (Wildman–Crippen MR) is 75.6 cm³/mol. The zero-order chi connectivity index (χ0) is 14.4. The van der Waals surface area contributed by atoms with Gasteiger partial charge in [0, 0.05) is 6.54 Å². The molecule has 6 nitrogen and oxygen atoms in total. The Morgan fingerprint density at radius 2 is 2.00 bits per heavy atom. The minimum absolute atomic E-state index is 0.0286. The Hall–Kier alpha value is -1.73. The topological polar surface area (TPSA) is 76.9 Å². The number of aromatic nitrogens is 3. The summed E-state index contributed by atoms with van der Waals surface area (Å²) in [6.45, 7) is 2.78. The Morgan fingerprint density at radius 3 is 2.65 bits per heavy atom. The maximum Gasteiger partial charge on any atom is 0.261 e. The van der Waals surface area contributed by atoms with Gasteiger partial charge in [-0.05, 0) is 25.3 Å². The largest absolute Gasteiger partial charge is 0.261 e. The Labute approximate surface area is 118 Å². The fourth-order valence-electron chi connectivity index (χ4n) is 1.77. The summed E-state index contributed by atoms with van der Waals surface area (Å²) in [6, 6.07) is 9.97. The second kappa shape index (κ2) is 6.62. The highest BCUT2D eigenvalue weighted by Crippen LogP contribution is 2.04. The number of nitrogens with zero attached hydrogens (tertiary/aromatic N) is 3. The van der Waals surface area contributed by atoms with Crippen LogP contribution in [0.15, 0.2) is 41.6 Å². The molecule has 0 spiro atoms. The molecule has 0 radical (unpaired) electrons. The van der Waals surface area contributed by atoms with Crippen molar-refractivity contribution >= 4 is 10.0 Å². The number of benzene rings is 1. The van der Waals surface area contributed by atoms with Crippen molar-refractivity contribution in [2.75, 3.05) is 6.54 Å². The third-order valence-corrected chi connectivity index (χ3v) is 4.17. The van der Waals surface area contributed by atoms with Crippen molar-refractivity contribution < 1.29 is 8.42 Å². The van der Waals surface area contributed by atoms with E-state index < -0.39 is 10.0 Å². The van der Waals surface area contributed by atoms with Crippen LogP contribution in [0.4, 0.5) is 0 Å². The van der Waals surface area contributed by atoms with Gasteiger partial charge in [-0.15, -0.1) is 5.10 Å². The Morgan fingerprint density at radius 1 is 1.25 bits per heavy atom. The van der Waals surface area contributed by atoms with Crippen LogP contribution < -0.4 is 4.72 Å². The quantitative estimate of drug-likeness (QED) is 0.779. The van der Waals surface area contributed by atoms with Crippen LogP contribution in [0.1, 0.15) is 18.9 Å². The zero-order valence-corrected chi connectivity index (χ0v) is 12.2. The lowest BCUT2D eigenvalue weighted by Crippen LogP contribution is -2.25. The third kappa shape index (κ3) is 3.88. The van der Waals surface area contributed by atoms with Crippen LogP contribution in [0.5, 0.6) is 0 Å². The van der Waals surface area contributed by atoms with Crippen LogP contribution in [0.25, 0.3) is 0 Å². The van der Waals surface area contributed by atoms with E-state index in [1.54, 1.807) is 0 Å². The molecule has 0 aliphatic carbocycles. The third-order valence-electron chi connectivity index (χ3n) is 2.85. The van der Waals surface area contributed by atoms with Crippen molar-refractivity contribution in [2.24, 2.45) is 0 Å². The summed E-state index contributed by atoms with van der Waals surface area (Å²) < 4.78 is 26.4. The second-order valence-electron chi connectivity index (χ2n) is 4.36. The van der Waals surface area contributed by atoms with Gasteiger partial charge in [0.1, 0.15) is 0 Å². The molecule has 0 amide bonds. The molecule has 20 heavy (non-hydrogen) atoms. The molecule has 1 N–H and O–H groups in total. The van der Waals surface area contributed by atoms with E-state index in [4.69, 9.17) is 0 Å². The van der Waals surface area contributed by atoms with Crippen LogP contribution in [0, 0.1) is 0 Å². The van der Waals surface area contributed by atoms with E-state index in [1.807, 2.05) is 37.3 Å². The molecular weight excluding hydrogens is 276 g/mol. The lowest BCUT2D eigenvalue weighted by molar-refractivity contribution is 0.544. The SMILES string of the molecule is CCn1ncc(S(=O)(=O)NCCCc2ccccc2)n1. The number of rotatable bonds is 7. The van der Waals surface area contributed by atoms with Gasteiger partial charge in [0.05, 0.1) is 12.7 Å². The molecule has 0 saturated carbocycles. The molecule has 2 aromatic rings. The molecule has 0 bridgehead atoms. The molecule has 0 atom stereocenters. The van der Waals surface area contributed by atoms with E-state index in [0.717, 1.165) is 12.8 Å². The number of sulfonamides is 1. The van der Waals surface area contributed by atoms with E-state index in [-0.39, 0.29) is 5.03 Å². The smallest absolute Gasteiger partial charge is 0.210 e. The van der Waals surface area contributed by atoms with E-state index in [1.165, 1.54) is 16.6 Å². The number of hydrogen-bond donors (Lipinski definition) is 1. The van der Waals surface area contributed by atoms with Crippen LogP contribution in [0.2, 0.25) is 0 Å². The van der Waals surface area contributed by atoms with Crippen molar-refractivity contribution in [1.82, 2.24) is 19.7 Å². The van der Waals surface area contributed by atoms with E-state index in [9.17, 15) is 8.42 Å². The van der Waals surface area contributed by atoms with Crippen LogP contribution in [-0.4, -0.2) is 30.0 Å². The normalized spacial score (nSPS) is 11.7. The number of aryl methyl sites for hydroxylation is 2. The highest BCUT2D eigenvalue weighted by molar-refractivity contribution is 7.89. The van der Waals surface area contributed by atoms with Gasteiger partial charge in [0.25, 0.3) is 10.0 Å². The monoisotopic (exact) mass is 294 g/mol. The molecule has 0 unspecified atom stereocenters. The highest BCUT2D eigenvalue weighted by Gasteiger charge is 2.17. The first-order valence-electron chi connectivity index (χ1n) is 6.55. The summed E-state index contributed by atoms with van der Waals surface area (Å²) >= 11 is 0. The summed E-state index contributed by atoms with van der Waals surface area (Å²) in [5.74, 6) is 0. The van der Waals surface area contributed by atoms with Gasteiger partial charge in [-0.25, -0.2) is 13.1 Å². The fraction of sp³-hybridized carbons (Fsp3) is 0.385. The minimum Gasteiger partial charge on any atom is -0.210 e. The number of nitrogens with one attached hydrogen (secondary N) is 1. The average Bonchev–Trinajstić information content (AvgIpc) is 2.95. The van der Waals surface area contributed by atoms with Crippen LogP contribution >= 0.6 is 0 Å². The van der Waals surface area contributed by atoms with Gasteiger partial charge < -0.3 is 0 Å². The Bertz CT molecular complexity index is 637. The first-order valence-corrected chi connectivity index (χ1v) is 8.04. The Balaban J connectivity index is 1.84. The van der Waals surface area contributed by atoms with Crippen molar-refractivity contribution in [3.8, 4) is 0 Å². The predicted octanol–water partition coefficient (Wildman–Crippen LogP) is 1.21. The molecule has 1 aromatic carbocycles. The number of hydrogen-bond acceptors (Lipinski definition) is 4. The van der Waals surface area contributed by atoms with Crippen LogP contribution in [0.3, 0.4) is 0 Å². The second-order valence-corrected chi connectivity index (χ2v) is 6.07. The first-order chi connectivity index (χ1) is 9.62. The first kappa shape index (κ1) is 14.7. The van der Waals surface area contributed by atoms with Gasteiger partial charge >= 0.3 is 0 Å². The van der Waals surface area contributed by atoms with Crippen LogP contribution in [-0.2, 0) is 23.0 Å². The van der Waals surface area contributed by atoms with Gasteiger partial charge in [-0.1, -0.05) is 30.3 Å². The highest BCUT2D eigenvalue weighted by atomic mass is 32.2. The molecule has 2 rings (SSSR count). The van der Waals surface area contributed by atoms with Crippen molar-refractivity contribution in [1.29, 1.82) is 0 Å². The van der Waals surface area contributed by atoms with Gasteiger partial charge in [-0.2, -0.15) is 9.90 Å². The van der Waals surface area contributed by atoms with Crippen molar-refractivity contribution in [3.05, 3.63) is 42.1 Å². The van der Waals surface area contributed by atoms with Gasteiger partial charge in [-0.3, -0.25) is 0 Å². The lowest BCUT2D eigenvalue weighted by Gasteiger charge is -2.04. The fourth-order valence-corrected chi connectivity index (χ4v) is 2.72. The summed E-state index contributed by atoms with van der Waals surface area (Å²) in [6.07, 6.45) is 2.85. The summed E-state index contributed by atoms with van der Waals surface area (Å²) in [4.78, 5) is 1.35. The summed E-state index contributed by atoms with van der Waals surface area (Å²) in [7, 11) is -3.55. The van der Waals surface area contributed by atoms with Crippen molar-refractivity contribution in [2.45, 2.75) is 31.3 Å². The molecule has 0 aliphatic rings. The minimum atomic E-state index is -3.55. The molecule has 7 heteroatoms. The van der Waals surface area contributed by atoms with Crippen molar-refractivity contribution in [3.63, 3.8) is 0 Å². The molecule has 0 fully saturated rings. The molecule has 0 aliphatic heterocycles. The lowest BCUT2D eigenvalue weighted by atomic mass is 10.1. The Kier molecular flexibility index (Phi) is 4.86. The maximum absolute atomic E-state index is 11.9. The van der Waals surface area contributed by atoms with Gasteiger partial charge in [0.15, 0.2) is 0 Å². The molecule has 1 aromatic heterocycles. The van der Waals surface area contributed by atoms with E-state index in [0.29, 0.717) is 13.1 Å². The van der Waals surface area contributed by atoms with E-state index >= 15 is 0 Å². The molecule has 0 saturated heterocycles. The summed E-state index contributed by atoms with van der Waals surface area (Å²) in [5.41, 5.74) is 1.20. The van der Waals surface area contributed by atoms with E-state index in [2.05, 4.69) is 14.9 Å². The molecule has 1 heterocycles. The molecular formula is C13H18N4O2S. The standard InChI is InChI=1S/C13H18N4O2S/c1-2-17-14-11-13(16-17)20(18,19)15-10-6-9-12-7-4-3-5-8-12/h3-5,7-8,11,15H,2,6,9-10H2,1H3. The van der Waals surface area contributed by atoms with Gasteiger partial charge in [0.2, 0.25) is 5.03 Å². The summed E-state index contributed by atoms with van der Waals surface area (Å²) in [5, 5.41) is 7.73.